The summed E-state index contributed by atoms with van der Waals surface area (Å²) in [6, 6.07) is 6.13. The third-order valence-corrected chi connectivity index (χ3v) is 5.53. The molecule has 1 aromatic carbocycles. The molecule has 2 atom stereocenters. The molecule has 1 fully saturated rings. The molecule has 0 amide bonds. The molecule has 0 saturated carbocycles. The minimum Gasteiger partial charge on any atom is -0.494 e. The second-order valence-corrected chi connectivity index (χ2v) is 7.00. The maximum absolute atomic E-state index is 14.2. The third-order valence-electron chi connectivity index (χ3n) is 4.42. The van der Waals surface area contributed by atoms with Crippen LogP contribution < -0.4 is 4.74 Å². The van der Waals surface area contributed by atoms with Crippen molar-refractivity contribution in [1.82, 2.24) is 4.90 Å². The lowest BCUT2D eigenvalue weighted by atomic mass is 10.0. The molecular weight excluding hydrogens is 329 g/mol. The van der Waals surface area contributed by atoms with Gasteiger partial charge in [0.15, 0.2) is 11.6 Å². The zero-order valence-electron chi connectivity index (χ0n) is 13.7. The van der Waals surface area contributed by atoms with Gasteiger partial charge in [-0.3, -0.25) is 9.69 Å². The molecule has 128 valence electrons. The third kappa shape index (κ3) is 3.16. The predicted octanol–water partition coefficient (Wildman–Crippen LogP) is 3.84. The highest BCUT2D eigenvalue weighted by Crippen LogP contribution is 2.38. The number of nitrogens with zero attached hydrogens (tertiary/aromatic N) is 1. The molecular formula is C18H20FNO3S. The first-order valence-corrected chi connectivity index (χ1v) is 8.76. The minimum atomic E-state index is -0.820. The second kappa shape index (κ2) is 6.91. The second-order valence-electron chi connectivity index (χ2n) is 6.06. The highest BCUT2D eigenvalue weighted by atomic mass is 32.1. The van der Waals surface area contributed by atoms with Gasteiger partial charge in [0, 0.05) is 11.4 Å². The van der Waals surface area contributed by atoms with Crippen LogP contribution in [-0.2, 0) is 4.79 Å². The predicted molar refractivity (Wildman–Crippen MR) is 91.2 cm³/mol. The van der Waals surface area contributed by atoms with Crippen molar-refractivity contribution >= 4 is 17.3 Å². The number of carboxylic acids is 1. The van der Waals surface area contributed by atoms with E-state index in [1.807, 2.05) is 23.3 Å². The van der Waals surface area contributed by atoms with Crippen LogP contribution in [-0.4, -0.2) is 35.7 Å². The summed E-state index contributed by atoms with van der Waals surface area (Å²) < 4.78 is 19.2. The number of carboxylic acid groups (broad SMARTS) is 1. The largest absolute Gasteiger partial charge is 0.494 e. The first kappa shape index (κ1) is 16.9. The maximum Gasteiger partial charge on any atom is 0.320 e. The number of ether oxygens (including phenoxy) is 1. The lowest BCUT2D eigenvalue weighted by Crippen LogP contribution is -2.39. The van der Waals surface area contributed by atoms with Crippen LogP contribution in [0.15, 0.2) is 29.6 Å². The quantitative estimate of drug-likeness (QED) is 0.891. The van der Waals surface area contributed by atoms with E-state index >= 15 is 0 Å². The van der Waals surface area contributed by atoms with Crippen molar-refractivity contribution < 1.29 is 19.0 Å². The molecule has 24 heavy (non-hydrogen) atoms. The van der Waals surface area contributed by atoms with E-state index in [1.165, 1.54) is 13.2 Å². The summed E-state index contributed by atoms with van der Waals surface area (Å²) in [7, 11) is 1.43. The summed E-state index contributed by atoms with van der Waals surface area (Å²) >= 11 is 1.58. The number of halogens is 1. The lowest BCUT2D eigenvalue weighted by molar-refractivity contribution is -0.142. The average molecular weight is 349 g/mol. The smallest absolute Gasteiger partial charge is 0.320 e. The normalized spacial score (nSPS) is 19.4. The Hall–Kier alpha value is -1.92. The first-order valence-electron chi connectivity index (χ1n) is 7.88. The van der Waals surface area contributed by atoms with Crippen LogP contribution >= 0.6 is 11.3 Å². The molecule has 1 aromatic heterocycles. The van der Waals surface area contributed by atoms with Gasteiger partial charge in [0.25, 0.3) is 0 Å². The van der Waals surface area contributed by atoms with Gasteiger partial charge >= 0.3 is 5.97 Å². The van der Waals surface area contributed by atoms with Crippen LogP contribution in [0, 0.1) is 12.7 Å². The Kier molecular flexibility index (Phi) is 4.87. The molecule has 3 rings (SSSR count). The summed E-state index contributed by atoms with van der Waals surface area (Å²) in [5, 5.41) is 11.6. The van der Waals surface area contributed by atoms with Crippen LogP contribution in [0.5, 0.6) is 5.75 Å². The first-order chi connectivity index (χ1) is 11.5. The molecule has 4 nitrogen and oxygen atoms in total. The average Bonchev–Trinajstić information content (AvgIpc) is 3.18. The number of rotatable bonds is 5. The van der Waals surface area contributed by atoms with Crippen LogP contribution in [0.3, 0.4) is 0 Å². The Balaban J connectivity index is 2.05. The van der Waals surface area contributed by atoms with E-state index in [0.717, 1.165) is 22.4 Å². The Morgan fingerprint density at radius 1 is 1.46 bits per heavy atom. The summed E-state index contributed by atoms with van der Waals surface area (Å²) in [5.41, 5.74) is 1.88. The number of benzene rings is 1. The summed E-state index contributed by atoms with van der Waals surface area (Å²) in [6.07, 6.45) is 1.45. The Morgan fingerprint density at radius 3 is 2.83 bits per heavy atom. The zero-order chi connectivity index (χ0) is 17.3. The van der Waals surface area contributed by atoms with Gasteiger partial charge in [0.05, 0.1) is 13.2 Å². The number of aliphatic carboxylic acids is 1. The van der Waals surface area contributed by atoms with E-state index in [-0.39, 0.29) is 11.8 Å². The van der Waals surface area contributed by atoms with E-state index in [9.17, 15) is 14.3 Å². The Labute approximate surface area is 144 Å². The van der Waals surface area contributed by atoms with Crippen molar-refractivity contribution in [2.45, 2.75) is 31.8 Å². The molecule has 1 aliphatic rings. The number of carbonyl (C=O) groups is 1. The molecule has 2 unspecified atom stereocenters. The molecule has 0 spiro atoms. The molecule has 1 saturated heterocycles. The number of hydrogen-bond donors (Lipinski definition) is 1. The van der Waals surface area contributed by atoms with Crippen molar-refractivity contribution in [1.29, 1.82) is 0 Å². The molecule has 0 radical (unpaired) electrons. The van der Waals surface area contributed by atoms with Crippen molar-refractivity contribution in [2.75, 3.05) is 13.7 Å². The van der Waals surface area contributed by atoms with Crippen molar-refractivity contribution in [3.63, 3.8) is 0 Å². The number of thiophene rings is 1. The van der Waals surface area contributed by atoms with E-state index in [2.05, 4.69) is 6.07 Å². The number of hydrogen-bond acceptors (Lipinski definition) is 4. The van der Waals surface area contributed by atoms with Crippen LogP contribution in [0.2, 0.25) is 0 Å². The van der Waals surface area contributed by atoms with Crippen molar-refractivity contribution in [3.05, 3.63) is 51.5 Å². The highest BCUT2D eigenvalue weighted by molar-refractivity contribution is 7.10. The van der Waals surface area contributed by atoms with Crippen LogP contribution in [0.4, 0.5) is 4.39 Å². The number of likely N-dealkylation sites (tertiary alicyclic amines) is 1. The summed E-state index contributed by atoms with van der Waals surface area (Å²) in [4.78, 5) is 14.6. The molecule has 1 N–H and O–H groups in total. The van der Waals surface area contributed by atoms with Gasteiger partial charge < -0.3 is 9.84 Å². The molecule has 1 aliphatic heterocycles. The van der Waals surface area contributed by atoms with Gasteiger partial charge in [-0.25, -0.2) is 4.39 Å². The topological polar surface area (TPSA) is 49.8 Å². The molecule has 2 heterocycles. The van der Waals surface area contributed by atoms with E-state index < -0.39 is 17.8 Å². The van der Waals surface area contributed by atoms with Gasteiger partial charge in [-0.15, -0.1) is 11.3 Å². The summed E-state index contributed by atoms with van der Waals surface area (Å²) in [6.45, 7) is 2.69. The minimum absolute atomic E-state index is 0.191. The zero-order valence-corrected chi connectivity index (χ0v) is 14.5. The molecule has 0 bridgehead atoms. The maximum atomic E-state index is 14.2. The van der Waals surface area contributed by atoms with Gasteiger partial charge in [-0.1, -0.05) is 6.07 Å². The van der Waals surface area contributed by atoms with E-state index in [0.29, 0.717) is 13.0 Å². The van der Waals surface area contributed by atoms with Crippen LogP contribution in [0.1, 0.15) is 34.9 Å². The Bertz CT molecular complexity index is 746. The SMILES string of the molecule is COc1ccc(C(c2cc(C)cs2)N2CCCC2C(=O)O)cc1F. The fraction of sp³-hybridized carbons (Fsp3) is 0.389. The Morgan fingerprint density at radius 2 is 2.25 bits per heavy atom. The van der Waals surface area contributed by atoms with E-state index in [4.69, 9.17) is 4.74 Å². The fourth-order valence-corrected chi connectivity index (χ4v) is 4.38. The van der Waals surface area contributed by atoms with Gasteiger partial charge in [-0.2, -0.15) is 0 Å². The van der Waals surface area contributed by atoms with E-state index in [1.54, 1.807) is 17.4 Å². The lowest BCUT2D eigenvalue weighted by Gasteiger charge is -2.31. The van der Waals surface area contributed by atoms with Gasteiger partial charge in [-0.05, 0) is 54.5 Å². The van der Waals surface area contributed by atoms with Gasteiger partial charge in [0.2, 0.25) is 0 Å². The summed E-state index contributed by atoms with van der Waals surface area (Å²) in [5.74, 6) is -1.06. The van der Waals surface area contributed by atoms with Gasteiger partial charge in [0.1, 0.15) is 6.04 Å². The molecule has 2 aromatic rings. The fourth-order valence-electron chi connectivity index (χ4n) is 3.33. The standard InChI is InChI=1S/C18H20FNO3S/c1-11-8-16(24-10-11)17(20-7-3-4-14(20)18(21)22)12-5-6-15(23-2)13(19)9-12/h5-6,8-10,14,17H,3-4,7H2,1-2H3,(H,21,22). The monoisotopic (exact) mass is 349 g/mol. The highest BCUT2D eigenvalue weighted by Gasteiger charge is 2.37. The number of aryl methyl sites for hydroxylation is 1. The number of methoxy groups -OCH3 is 1. The molecule has 6 heteroatoms. The van der Waals surface area contributed by atoms with Crippen molar-refractivity contribution in [2.24, 2.45) is 0 Å². The van der Waals surface area contributed by atoms with Crippen LogP contribution in [0.25, 0.3) is 0 Å². The molecule has 0 aliphatic carbocycles. The van der Waals surface area contributed by atoms with Crippen molar-refractivity contribution in [3.8, 4) is 5.75 Å².